The van der Waals surface area contributed by atoms with Crippen molar-refractivity contribution < 1.29 is 4.74 Å². The molecule has 0 aliphatic carbocycles. The molecule has 0 saturated heterocycles. The Labute approximate surface area is 112 Å². The average Bonchev–Trinajstić information content (AvgIpc) is 2.40. The largest absolute Gasteiger partial charge is 0.493 e. The first-order chi connectivity index (χ1) is 8.80. The maximum Gasteiger partial charge on any atom is 0.119 e. The summed E-state index contributed by atoms with van der Waals surface area (Å²) in [6, 6.07) is 8.30. The highest BCUT2D eigenvalue weighted by Gasteiger charge is 2.07. The van der Waals surface area contributed by atoms with Crippen LogP contribution in [0.1, 0.15) is 45.1 Å². The molecule has 1 rings (SSSR count). The summed E-state index contributed by atoms with van der Waals surface area (Å²) >= 11 is 0. The van der Waals surface area contributed by atoms with Gasteiger partial charge in [-0.1, -0.05) is 45.2 Å². The zero-order valence-electron chi connectivity index (χ0n) is 11.8. The fourth-order valence-electron chi connectivity index (χ4n) is 2.07. The summed E-state index contributed by atoms with van der Waals surface area (Å²) in [6.07, 6.45) is 5.96. The second-order valence-corrected chi connectivity index (χ2v) is 4.91. The average molecular weight is 249 g/mol. The predicted octanol–water partition coefficient (Wildman–Crippen LogP) is 3.78. The number of nitrogens with two attached hydrogens (primary N) is 1. The van der Waals surface area contributed by atoms with Gasteiger partial charge in [0.25, 0.3) is 0 Å². The van der Waals surface area contributed by atoms with Gasteiger partial charge in [0.2, 0.25) is 0 Å². The van der Waals surface area contributed by atoms with Crippen molar-refractivity contribution in [2.75, 3.05) is 13.2 Å². The standard InChI is InChI=1S/C16H27NO/c1-3-5-7-14(4-2)13-18-16-9-6-8-15(12-16)10-11-17/h6,8-9,12,14H,3-5,7,10-11,13,17H2,1-2H3. The molecule has 2 heteroatoms. The predicted molar refractivity (Wildman–Crippen MR) is 78.0 cm³/mol. The molecule has 1 aromatic carbocycles. The molecule has 18 heavy (non-hydrogen) atoms. The molecule has 102 valence electrons. The van der Waals surface area contributed by atoms with E-state index in [2.05, 4.69) is 26.0 Å². The summed E-state index contributed by atoms with van der Waals surface area (Å²) in [5.74, 6) is 1.67. The van der Waals surface area contributed by atoms with Gasteiger partial charge in [-0.15, -0.1) is 0 Å². The molecule has 1 aromatic rings. The zero-order chi connectivity index (χ0) is 13.2. The zero-order valence-corrected chi connectivity index (χ0v) is 11.8. The van der Waals surface area contributed by atoms with E-state index in [0.717, 1.165) is 18.8 Å². The fraction of sp³-hybridized carbons (Fsp3) is 0.625. The van der Waals surface area contributed by atoms with Gasteiger partial charge in [-0.2, -0.15) is 0 Å². The minimum atomic E-state index is 0.683. The summed E-state index contributed by atoms with van der Waals surface area (Å²) in [5, 5.41) is 0. The van der Waals surface area contributed by atoms with E-state index in [4.69, 9.17) is 10.5 Å². The van der Waals surface area contributed by atoms with Crippen molar-refractivity contribution in [1.29, 1.82) is 0 Å². The summed E-state index contributed by atoms with van der Waals surface area (Å²) in [7, 11) is 0. The molecule has 0 radical (unpaired) electrons. The Bertz CT molecular complexity index is 325. The molecule has 2 N–H and O–H groups in total. The molecule has 0 aliphatic rings. The van der Waals surface area contributed by atoms with Crippen LogP contribution in [0.25, 0.3) is 0 Å². The quantitative estimate of drug-likeness (QED) is 0.723. The summed E-state index contributed by atoms with van der Waals surface area (Å²) in [6.45, 7) is 6.01. The van der Waals surface area contributed by atoms with Crippen LogP contribution in [-0.4, -0.2) is 13.2 Å². The summed E-state index contributed by atoms with van der Waals surface area (Å²) in [4.78, 5) is 0. The van der Waals surface area contributed by atoms with Crippen molar-refractivity contribution in [3.63, 3.8) is 0 Å². The van der Waals surface area contributed by atoms with Gasteiger partial charge >= 0.3 is 0 Å². The van der Waals surface area contributed by atoms with Crippen molar-refractivity contribution in [2.24, 2.45) is 11.7 Å². The smallest absolute Gasteiger partial charge is 0.119 e. The first-order valence-corrected chi connectivity index (χ1v) is 7.21. The molecular weight excluding hydrogens is 222 g/mol. The Morgan fingerprint density at radius 1 is 1.28 bits per heavy atom. The van der Waals surface area contributed by atoms with Crippen molar-refractivity contribution in [2.45, 2.75) is 46.0 Å². The monoisotopic (exact) mass is 249 g/mol. The molecule has 1 atom stereocenters. The minimum Gasteiger partial charge on any atom is -0.493 e. The van der Waals surface area contributed by atoms with Crippen molar-refractivity contribution in [3.05, 3.63) is 29.8 Å². The van der Waals surface area contributed by atoms with Crippen LogP contribution in [0.15, 0.2) is 24.3 Å². The molecule has 0 amide bonds. The highest BCUT2D eigenvalue weighted by Crippen LogP contribution is 2.18. The number of hydrogen-bond acceptors (Lipinski definition) is 2. The lowest BCUT2D eigenvalue weighted by molar-refractivity contribution is 0.233. The van der Waals surface area contributed by atoms with Crippen LogP contribution in [-0.2, 0) is 6.42 Å². The number of ether oxygens (including phenoxy) is 1. The van der Waals surface area contributed by atoms with Crippen LogP contribution < -0.4 is 10.5 Å². The van der Waals surface area contributed by atoms with E-state index >= 15 is 0 Å². The lowest BCUT2D eigenvalue weighted by Gasteiger charge is -2.16. The van der Waals surface area contributed by atoms with Crippen LogP contribution in [0.3, 0.4) is 0 Å². The Morgan fingerprint density at radius 3 is 2.78 bits per heavy atom. The lowest BCUT2D eigenvalue weighted by atomic mass is 10.0. The van der Waals surface area contributed by atoms with Crippen LogP contribution in [0, 0.1) is 5.92 Å². The molecule has 0 aromatic heterocycles. The highest BCUT2D eigenvalue weighted by atomic mass is 16.5. The second-order valence-electron chi connectivity index (χ2n) is 4.91. The SMILES string of the molecule is CCCCC(CC)COc1cccc(CCN)c1. The third-order valence-corrected chi connectivity index (χ3v) is 3.36. The number of benzene rings is 1. The number of unbranched alkanes of at least 4 members (excludes halogenated alkanes) is 1. The molecule has 0 bridgehead atoms. The van der Waals surface area contributed by atoms with Gasteiger partial charge in [0.05, 0.1) is 6.61 Å². The Hall–Kier alpha value is -1.02. The third-order valence-electron chi connectivity index (χ3n) is 3.36. The summed E-state index contributed by atoms with van der Waals surface area (Å²) < 4.78 is 5.90. The van der Waals surface area contributed by atoms with E-state index < -0.39 is 0 Å². The third kappa shape index (κ3) is 5.54. The van der Waals surface area contributed by atoms with Crippen LogP contribution in [0.2, 0.25) is 0 Å². The van der Waals surface area contributed by atoms with E-state index in [0.29, 0.717) is 12.5 Å². The van der Waals surface area contributed by atoms with Crippen LogP contribution in [0.5, 0.6) is 5.75 Å². The Balaban J connectivity index is 2.43. The van der Waals surface area contributed by atoms with Crippen molar-refractivity contribution in [1.82, 2.24) is 0 Å². The van der Waals surface area contributed by atoms with E-state index in [-0.39, 0.29) is 0 Å². The minimum absolute atomic E-state index is 0.683. The van der Waals surface area contributed by atoms with E-state index in [1.165, 1.54) is 31.2 Å². The van der Waals surface area contributed by atoms with Gasteiger partial charge in [-0.25, -0.2) is 0 Å². The number of rotatable bonds is 9. The first kappa shape index (κ1) is 15.0. The molecule has 0 fully saturated rings. The lowest BCUT2D eigenvalue weighted by Crippen LogP contribution is -2.11. The Morgan fingerprint density at radius 2 is 2.11 bits per heavy atom. The van der Waals surface area contributed by atoms with Crippen LogP contribution in [0.4, 0.5) is 0 Å². The normalized spacial score (nSPS) is 12.4. The van der Waals surface area contributed by atoms with Crippen LogP contribution >= 0.6 is 0 Å². The first-order valence-electron chi connectivity index (χ1n) is 7.21. The fourth-order valence-corrected chi connectivity index (χ4v) is 2.07. The van der Waals surface area contributed by atoms with E-state index in [1.807, 2.05) is 12.1 Å². The van der Waals surface area contributed by atoms with Gasteiger partial charge in [-0.3, -0.25) is 0 Å². The van der Waals surface area contributed by atoms with Gasteiger partial charge in [0, 0.05) is 0 Å². The maximum atomic E-state index is 5.90. The van der Waals surface area contributed by atoms with Crippen molar-refractivity contribution >= 4 is 0 Å². The molecule has 0 heterocycles. The molecular formula is C16H27NO. The molecule has 0 spiro atoms. The van der Waals surface area contributed by atoms with Crippen molar-refractivity contribution in [3.8, 4) is 5.75 Å². The van der Waals surface area contributed by atoms with E-state index in [9.17, 15) is 0 Å². The molecule has 1 unspecified atom stereocenters. The highest BCUT2D eigenvalue weighted by molar-refractivity contribution is 5.28. The van der Waals surface area contributed by atoms with E-state index in [1.54, 1.807) is 0 Å². The number of hydrogen-bond donors (Lipinski definition) is 1. The van der Waals surface area contributed by atoms with Gasteiger partial charge < -0.3 is 10.5 Å². The Kier molecular flexibility index (Phi) is 7.51. The topological polar surface area (TPSA) is 35.2 Å². The van der Waals surface area contributed by atoms with Gasteiger partial charge in [0.15, 0.2) is 0 Å². The van der Waals surface area contributed by atoms with Gasteiger partial charge in [-0.05, 0) is 43.0 Å². The second kappa shape index (κ2) is 8.98. The van der Waals surface area contributed by atoms with Gasteiger partial charge in [0.1, 0.15) is 5.75 Å². The maximum absolute atomic E-state index is 5.90. The molecule has 0 saturated carbocycles. The summed E-state index contributed by atoms with van der Waals surface area (Å²) in [5.41, 5.74) is 6.83. The molecule has 0 aliphatic heterocycles. The molecule has 2 nitrogen and oxygen atoms in total.